The number of benzene rings is 2. The third-order valence-electron chi connectivity index (χ3n) is 4.77. The third-order valence-corrected chi connectivity index (χ3v) is 5.99. The molecule has 1 aliphatic heterocycles. The Morgan fingerprint density at radius 1 is 1.04 bits per heavy atom. The van der Waals surface area contributed by atoms with Crippen LogP contribution in [-0.2, 0) is 11.2 Å². The molecule has 6 heteroatoms. The molecule has 4 nitrogen and oxygen atoms in total. The van der Waals surface area contributed by atoms with Crippen LogP contribution in [0.15, 0.2) is 53.4 Å². The molecule has 1 amide bonds. The predicted molar refractivity (Wildman–Crippen MR) is 109 cm³/mol. The van der Waals surface area contributed by atoms with Gasteiger partial charge in [0.05, 0.1) is 0 Å². The fourth-order valence-electron chi connectivity index (χ4n) is 3.13. The van der Waals surface area contributed by atoms with E-state index < -0.39 is 0 Å². The van der Waals surface area contributed by atoms with E-state index in [2.05, 4.69) is 29.2 Å². The molecule has 142 valence electrons. The minimum absolute atomic E-state index is 0.0945. The molecule has 1 unspecified atom stereocenters. The monoisotopic (exact) mass is 385 g/mol. The van der Waals surface area contributed by atoms with Crippen LogP contribution in [0.5, 0.6) is 0 Å². The number of aryl methyl sites for hydroxylation is 1. The fraction of sp³-hybridized carbons (Fsp3) is 0.333. The molecule has 0 aromatic heterocycles. The van der Waals surface area contributed by atoms with E-state index in [1.807, 2.05) is 0 Å². The van der Waals surface area contributed by atoms with Gasteiger partial charge in [-0.05, 0) is 54.8 Å². The molecule has 1 heterocycles. The average molecular weight is 386 g/mol. The summed E-state index contributed by atoms with van der Waals surface area (Å²) in [7, 11) is 0. The molecule has 1 aliphatic rings. The quantitative estimate of drug-likeness (QED) is 0.427. The van der Waals surface area contributed by atoms with Gasteiger partial charge in [0, 0.05) is 48.2 Å². The number of carbonyl (C=O) groups is 1. The van der Waals surface area contributed by atoms with Gasteiger partial charge in [0.15, 0.2) is 0 Å². The van der Waals surface area contributed by atoms with Crippen molar-refractivity contribution in [2.24, 2.45) is 0 Å². The van der Waals surface area contributed by atoms with E-state index in [-0.39, 0.29) is 11.1 Å². The smallest absolute Gasteiger partial charge is 0.209 e. The summed E-state index contributed by atoms with van der Waals surface area (Å²) in [5.74, 6) is -0.218. The van der Waals surface area contributed by atoms with E-state index in [0.29, 0.717) is 0 Å². The van der Waals surface area contributed by atoms with Crippen LogP contribution in [0.25, 0.3) is 0 Å². The number of halogens is 1. The number of nitrogens with zero attached hydrogens (tertiary/aromatic N) is 2. The summed E-state index contributed by atoms with van der Waals surface area (Å²) in [6.45, 7) is 3.23. The fourth-order valence-corrected chi connectivity index (χ4v) is 4.08. The molecule has 0 radical (unpaired) electrons. The molecule has 2 aromatic carbocycles. The maximum absolute atomic E-state index is 13.0. The van der Waals surface area contributed by atoms with Crippen LogP contribution in [0.1, 0.15) is 12.0 Å². The zero-order valence-corrected chi connectivity index (χ0v) is 16.0. The van der Waals surface area contributed by atoms with Gasteiger partial charge in [-0.2, -0.15) is 0 Å². The SMILES string of the molecule is N=CC(CCc1ccc(F)cc1)Sc1ccc(N2CCN(C=O)CC2)cc1. The molecular weight excluding hydrogens is 361 g/mol. The van der Waals surface area contributed by atoms with Crippen molar-refractivity contribution in [2.75, 3.05) is 31.1 Å². The Balaban J connectivity index is 1.52. The highest BCUT2D eigenvalue weighted by molar-refractivity contribution is 8.00. The minimum atomic E-state index is -0.218. The molecule has 0 aliphatic carbocycles. The van der Waals surface area contributed by atoms with Crippen LogP contribution in [-0.4, -0.2) is 49.0 Å². The van der Waals surface area contributed by atoms with E-state index in [1.165, 1.54) is 24.0 Å². The molecular formula is C21H24FN3OS. The van der Waals surface area contributed by atoms with E-state index in [0.717, 1.165) is 55.9 Å². The molecule has 0 bridgehead atoms. The second-order valence-electron chi connectivity index (χ2n) is 6.61. The van der Waals surface area contributed by atoms with Gasteiger partial charge in [0.1, 0.15) is 5.82 Å². The number of piperazine rings is 1. The zero-order valence-electron chi connectivity index (χ0n) is 15.2. The number of nitrogens with one attached hydrogen (secondary N) is 1. The first-order valence-electron chi connectivity index (χ1n) is 9.14. The molecule has 1 atom stereocenters. The number of hydrogen-bond acceptors (Lipinski definition) is 4. The summed E-state index contributed by atoms with van der Waals surface area (Å²) in [6.07, 6.45) is 4.07. The van der Waals surface area contributed by atoms with Gasteiger partial charge in [-0.3, -0.25) is 4.79 Å². The standard InChI is InChI=1S/C21H24FN3OS/c22-18-4-1-17(2-5-18)3-8-21(15-23)27-20-9-6-19(7-10-20)25-13-11-24(16-26)12-14-25/h1-2,4-7,9-10,15-16,21,23H,3,8,11-14H2. The van der Waals surface area contributed by atoms with E-state index in [4.69, 9.17) is 5.41 Å². The van der Waals surface area contributed by atoms with Gasteiger partial charge in [0.2, 0.25) is 6.41 Å². The topological polar surface area (TPSA) is 47.4 Å². The Kier molecular flexibility index (Phi) is 6.87. The van der Waals surface area contributed by atoms with Crippen molar-refractivity contribution in [3.63, 3.8) is 0 Å². The van der Waals surface area contributed by atoms with Crippen molar-refractivity contribution in [1.29, 1.82) is 5.41 Å². The third kappa shape index (κ3) is 5.57. The summed E-state index contributed by atoms with van der Waals surface area (Å²) >= 11 is 1.68. The van der Waals surface area contributed by atoms with Crippen LogP contribution in [0.4, 0.5) is 10.1 Å². The van der Waals surface area contributed by atoms with E-state index in [1.54, 1.807) is 28.8 Å². The number of rotatable bonds is 8. The van der Waals surface area contributed by atoms with Crippen LogP contribution < -0.4 is 4.90 Å². The maximum atomic E-state index is 13.0. The lowest BCUT2D eigenvalue weighted by Crippen LogP contribution is -2.45. The predicted octanol–water partition coefficient (Wildman–Crippen LogP) is 3.85. The van der Waals surface area contributed by atoms with Crippen LogP contribution in [0.3, 0.4) is 0 Å². The molecule has 1 N–H and O–H groups in total. The van der Waals surface area contributed by atoms with Gasteiger partial charge in [-0.15, -0.1) is 11.8 Å². The van der Waals surface area contributed by atoms with Crippen molar-refractivity contribution in [3.05, 3.63) is 59.9 Å². The first kappa shape index (κ1) is 19.4. The van der Waals surface area contributed by atoms with E-state index in [9.17, 15) is 9.18 Å². The van der Waals surface area contributed by atoms with Crippen molar-refractivity contribution in [2.45, 2.75) is 23.0 Å². The maximum Gasteiger partial charge on any atom is 0.209 e. The number of anilines is 1. The van der Waals surface area contributed by atoms with Crippen molar-refractivity contribution >= 4 is 30.1 Å². The van der Waals surface area contributed by atoms with Gasteiger partial charge < -0.3 is 15.2 Å². The Bertz CT molecular complexity index is 743. The molecule has 3 rings (SSSR count). The van der Waals surface area contributed by atoms with Crippen LogP contribution in [0.2, 0.25) is 0 Å². The molecule has 1 fully saturated rings. The summed E-state index contributed by atoms with van der Waals surface area (Å²) in [5, 5.41) is 7.80. The second kappa shape index (κ2) is 9.55. The van der Waals surface area contributed by atoms with Gasteiger partial charge in [-0.25, -0.2) is 4.39 Å². The lowest BCUT2D eigenvalue weighted by atomic mass is 10.1. The average Bonchev–Trinajstić information content (AvgIpc) is 2.73. The van der Waals surface area contributed by atoms with Crippen molar-refractivity contribution < 1.29 is 9.18 Å². The van der Waals surface area contributed by atoms with Crippen molar-refractivity contribution in [1.82, 2.24) is 4.90 Å². The summed E-state index contributed by atoms with van der Waals surface area (Å²) in [5.41, 5.74) is 2.26. The van der Waals surface area contributed by atoms with Gasteiger partial charge >= 0.3 is 0 Å². The number of thioether (sulfide) groups is 1. The molecule has 1 saturated heterocycles. The minimum Gasteiger partial charge on any atom is -0.368 e. The lowest BCUT2D eigenvalue weighted by molar-refractivity contribution is -0.118. The first-order chi connectivity index (χ1) is 13.2. The molecule has 0 saturated carbocycles. The Morgan fingerprint density at radius 3 is 2.30 bits per heavy atom. The van der Waals surface area contributed by atoms with Crippen LogP contribution in [0, 0.1) is 11.2 Å². The first-order valence-corrected chi connectivity index (χ1v) is 10.0. The van der Waals surface area contributed by atoms with Crippen molar-refractivity contribution in [3.8, 4) is 0 Å². The Hall–Kier alpha value is -2.34. The number of hydrogen-bond donors (Lipinski definition) is 1. The molecule has 27 heavy (non-hydrogen) atoms. The summed E-state index contributed by atoms with van der Waals surface area (Å²) in [4.78, 5) is 16.0. The lowest BCUT2D eigenvalue weighted by Gasteiger charge is -2.34. The van der Waals surface area contributed by atoms with Gasteiger partial charge in [0.25, 0.3) is 0 Å². The van der Waals surface area contributed by atoms with Crippen LogP contribution >= 0.6 is 11.8 Å². The van der Waals surface area contributed by atoms with Gasteiger partial charge in [-0.1, -0.05) is 12.1 Å². The second-order valence-corrected chi connectivity index (χ2v) is 7.92. The largest absolute Gasteiger partial charge is 0.368 e. The molecule has 0 spiro atoms. The highest BCUT2D eigenvalue weighted by Gasteiger charge is 2.16. The molecule has 2 aromatic rings. The summed E-state index contributed by atoms with van der Waals surface area (Å²) in [6, 6.07) is 15.0. The number of carbonyl (C=O) groups excluding carboxylic acids is 1. The summed E-state index contributed by atoms with van der Waals surface area (Å²) < 4.78 is 13.0. The normalized spacial score (nSPS) is 15.4. The number of amides is 1. The highest BCUT2D eigenvalue weighted by Crippen LogP contribution is 2.28. The highest BCUT2D eigenvalue weighted by atomic mass is 32.2. The Morgan fingerprint density at radius 2 is 1.70 bits per heavy atom. The van der Waals surface area contributed by atoms with E-state index >= 15 is 0 Å². The Labute approximate surface area is 163 Å². The zero-order chi connectivity index (χ0) is 19.1.